The number of thioether (sulfide) groups is 1. The molecule has 0 saturated carbocycles. The molecule has 0 radical (unpaired) electrons. The molecule has 1 aliphatic heterocycles. The van der Waals surface area contributed by atoms with Crippen LogP contribution >= 0.6 is 11.8 Å². The van der Waals surface area contributed by atoms with Gasteiger partial charge in [0.25, 0.3) is 0 Å². The third-order valence-electron chi connectivity index (χ3n) is 2.18. The van der Waals surface area contributed by atoms with Crippen molar-refractivity contribution in [1.82, 2.24) is 5.32 Å². The monoisotopic (exact) mass is 203 g/mol. The summed E-state index contributed by atoms with van der Waals surface area (Å²) in [5.74, 6) is 0.914. The highest BCUT2D eigenvalue weighted by Gasteiger charge is 2.34. The molecule has 1 atom stereocenters. The molecular weight excluding hydrogens is 190 g/mol. The minimum absolute atomic E-state index is 0.0265. The number of carboxylic acid groups (broad SMARTS) is 1. The number of carboxylic acids is 1. The first kappa shape index (κ1) is 10.4. The van der Waals surface area contributed by atoms with Crippen LogP contribution in [0.15, 0.2) is 0 Å². The maximum Gasteiger partial charge on any atom is 0.305 e. The minimum Gasteiger partial charge on any atom is -0.481 e. The lowest BCUT2D eigenvalue weighted by atomic mass is 9.92. The molecule has 0 aromatic heterocycles. The molecule has 0 aromatic carbocycles. The van der Waals surface area contributed by atoms with Gasteiger partial charge in [-0.1, -0.05) is 0 Å². The van der Waals surface area contributed by atoms with Crippen LogP contribution in [-0.4, -0.2) is 34.5 Å². The fourth-order valence-corrected chi connectivity index (χ4v) is 2.78. The van der Waals surface area contributed by atoms with Crippen LogP contribution in [0.4, 0.5) is 0 Å². The summed E-state index contributed by atoms with van der Waals surface area (Å²) in [7, 11) is 0. The van der Waals surface area contributed by atoms with Crippen molar-refractivity contribution in [1.29, 1.82) is 0 Å². The van der Waals surface area contributed by atoms with E-state index in [1.54, 1.807) is 11.8 Å². The van der Waals surface area contributed by atoms with Crippen LogP contribution in [0.1, 0.15) is 19.3 Å². The number of hydrogen-bond acceptors (Lipinski definition) is 3. The van der Waals surface area contributed by atoms with E-state index in [1.165, 1.54) is 0 Å². The second-order valence-electron chi connectivity index (χ2n) is 3.27. The fraction of sp³-hybridized carbons (Fsp3) is 0.750. The summed E-state index contributed by atoms with van der Waals surface area (Å²) in [6.45, 7) is 0. The Hall–Kier alpha value is -0.710. The maximum atomic E-state index is 10.6. The smallest absolute Gasteiger partial charge is 0.305 e. The highest BCUT2D eigenvalue weighted by Crippen LogP contribution is 2.29. The predicted molar refractivity (Wildman–Crippen MR) is 50.7 cm³/mol. The van der Waals surface area contributed by atoms with Crippen LogP contribution in [0.2, 0.25) is 0 Å². The summed E-state index contributed by atoms with van der Waals surface area (Å²) in [4.78, 5) is 20.9. The van der Waals surface area contributed by atoms with Gasteiger partial charge in [-0.25, -0.2) is 0 Å². The van der Waals surface area contributed by atoms with Gasteiger partial charge in [-0.2, -0.15) is 11.8 Å². The quantitative estimate of drug-likeness (QED) is 0.652. The van der Waals surface area contributed by atoms with Gasteiger partial charge in [-0.05, 0) is 18.6 Å². The highest BCUT2D eigenvalue weighted by molar-refractivity contribution is 7.99. The minimum atomic E-state index is -0.850. The number of nitrogens with one attached hydrogen (secondary N) is 1. The first-order valence-corrected chi connectivity index (χ1v) is 5.35. The van der Waals surface area contributed by atoms with Crippen molar-refractivity contribution in [2.45, 2.75) is 24.8 Å². The van der Waals surface area contributed by atoms with E-state index in [0.29, 0.717) is 12.2 Å². The van der Waals surface area contributed by atoms with Gasteiger partial charge in [0.15, 0.2) is 0 Å². The van der Waals surface area contributed by atoms with E-state index in [9.17, 15) is 9.59 Å². The van der Waals surface area contributed by atoms with Gasteiger partial charge in [0.2, 0.25) is 6.41 Å². The lowest BCUT2D eigenvalue weighted by Gasteiger charge is -2.34. The summed E-state index contributed by atoms with van der Waals surface area (Å²) < 4.78 is 0. The maximum absolute atomic E-state index is 10.6. The molecule has 13 heavy (non-hydrogen) atoms. The molecule has 0 spiro atoms. The summed E-state index contributed by atoms with van der Waals surface area (Å²) in [5.41, 5.74) is -0.503. The Balaban J connectivity index is 2.60. The Morgan fingerprint density at radius 1 is 1.69 bits per heavy atom. The third kappa shape index (κ3) is 2.91. The summed E-state index contributed by atoms with van der Waals surface area (Å²) in [6.07, 6.45) is 2.37. The zero-order valence-electron chi connectivity index (χ0n) is 7.28. The SMILES string of the molecule is O=CNC1(CC(=O)O)CCCSC1. The van der Waals surface area contributed by atoms with Crippen LogP contribution in [0.3, 0.4) is 0 Å². The first-order chi connectivity index (χ1) is 6.18. The molecule has 1 heterocycles. The van der Waals surface area contributed by atoms with Crippen molar-refractivity contribution < 1.29 is 14.7 Å². The molecule has 5 heteroatoms. The van der Waals surface area contributed by atoms with E-state index in [4.69, 9.17) is 5.11 Å². The predicted octanol–water partition coefficient (Wildman–Crippen LogP) is 0.473. The molecule has 1 fully saturated rings. The highest BCUT2D eigenvalue weighted by atomic mass is 32.2. The number of amides is 1. The van der Waals surface area contributed by atoms with Crippen molar-refractivity contribution in [2.24, 2.45) is 0 Å². The molecule has 1 amide bonds. The molecule has 0 aliphatic carbocycles. The topological polar surface area (TPSA) is 66.4 Å². The second-order valence-corrected chi connectivity index (χ2v) is 4.37. The molecular formula is C8H13NO3S. The van der Waals surface area contributed by atoms with E-state index in [1.807, 2.05) is 0 Å². The standard InChI is InChI=1S/C8H13NO3S/c10-6-9-8(4-7(11)12)2-1-3-13-5-8/h6H,1-5H2,(H,9,10)(H,11,12). The van der Waals surface area contributed by atoms with Gasteiger partial charge < -0.3 is 10.4 Å². The average molecular weight is 203 g/mol. The van der Waals surface area contributed by atoms with Gasteiger partial charge >= 0.3 is 5.97 Å². The lowest BCUT2D eigenvalue weighted by molar-refractivity contribution is -0.138. The van der Waals surface area contributed by atoms with E-state index in [0.717, 1.165) is 18.6 Å². The molecule has 1 rings (SSSR count). The van der Waals surface area contributed by atoms with Gasteiger partial charge in [-0.15, -0.1) is 0 Å². The zero-order valence-corrected chi connectivity index (χ0v) is 8.10. The number of aliphatic carboxylic acids is 1. The van der Waals surface area contributed by atoms with Crippen LogP contribution in [0.25, 0.3) is 0 Å². The summed E-state index contributed by atoms with van der Waals surface area (Å²) >= 11 is 1.70. The Morgan fingerprint density at radius 3 is 2.92 bits per heavy atom. The normalized spacial score (nSPS) is 28.0. The van der Waals surface area contributed by atoms with Crippen molar-refractivity contribution in [3.63, 3.8) is 0 Å². The average Bonchev–Trinajstić information content (AvgIpc) is 2.04. The Labute approximate surface area is 81.1 Å². The first-order valence-electron chi connectivity index (χ1n) is 4.19. The zero-order chi connectivity index (χ0) is 9.73. The van der Waals surface area contributed by atoms with Gasteiger partial charge in [0.05, 0.1) is 12.0 Å². The molecule has 1 saturated heterocycles. The van der Waals surface area contributed by atoms with E-state index in [-0.39, 0.29) is 6.42 Å². The fourth-order valence-electron chi connectivity index (χ4n) is 1.57. The van der Waals surface area contributed by atoms with E-state index < -0.39 is 11.5 Å². The summed E-state index contributed by atoms with van der Waals surface area (Å²) in [6, 6.07) is 0. The number of hydrogen-bond donors (Lipinski definition) is 2. The molecule has 0 bridgehead atoms. The number of rotatable bonds is 4. The Bertz CT molecular complexity index is 202. The molecule has 0 aromatic rings. The van der Waals surface area contributed by atoms with Crippen molar-refractivity contribution in [3.8, 4) is 0 Å². The number of carbonyl (C=O) groups excluding carboxylic acids is 1. The van der Waals surface area contributed by atoms with E-state index >= 15 is 0 Å². The van der Waals surface area contributed by atoms with Crippen LogP contribution in [0, 0.1) is 0 Å². The molecule has 4 nitrogen and oxygen atoms in total. The van der Waals surface area contributed by atoms with E-state index in [2.05, 4.69) is 5.32 Å². The molecule has 1 unspecified atom stereocenters. The lowest BCUT2D eigenvalue weighted by Crippen LogP contribution is -2.50. The van der Waals surface area contributed by atoms with Crippen molar-refractivity contribution >= 4 is 24.1 Å². The van der Waals surface area contributed by atoms with Crippen molar-refractivity contribution in [3.05, 3.63) is 0 Å². The second kappa shape index (κ2) is 4.50. The largest absolute Gasteiger partial charge is 0.481 e. The molecule has 74 valence electrons. The van der Waals surface area contributed by atoms with Gasteiger partial charge in [0.1, 0.15) is 0 Å². The van der Waals surface area contributed by atoms with Gasteiger partial charge in [0, 0.05) is 5.75 Å². The van der Waals surface area contributed by atoms with Gasteiger partial charge in [-0.3, -0.25) is 9.59 Å². The summed E-state index contributed by atoms with van der Waals surface area (Å²) in [5, 5.41) is 11.3. The van der Waals surface area contributed by atoms with Crippen molar-refractivity contribution in [2.75, 3.05) is 11.5 Å². The Kier molecular flexibility index (Phi) is 3.59. The Morgan fingerprint density at radius 2 is 2.46 bits per heavy atom. The molecule has 1 aliphatic rings. The number of carbonyl (C=O) groups is 2. The van der Waals surface area contributed by atoms with Crippen LogP contribution < -0.4 is 5.32 Å². The van der Waals surface area contributed by atoms with Crippen LogP contribution in [-0.2, 0) is 9.59 Å². The molecule has 2 N–H and O–H groups in total. The third-order valence-corrected chi connectivity index (χ3v) is 3.51. The van der Waals surface area contributed by atoms with Crippen LogP contribution in [0.5, 0.6) is 0 Å².